The zero-order valence-corrected chi connectivity index (χ0v) is 15.1. The molecule has 2 aromatic carbocycles. The van der Waals surface area contributed by atoms with Crippen LogP contribution in [0.25, 0.3) is 0 Å². The van der Waals surface area contributed by atoms with Crippen molar-refractivity contribution in [3.63, 3.8) is 0 Å². The molecule has 138 valence electrons. The summed E-state index contributed by atoms with van der Waals surface area (Å²) in [6.45, 7) is -0.265. The maximum absolute atomic E-state index is 14.5. The lowest BCUT2D eigenvalue weighted by Gasteiger charge is -2.22. The molecule has 1 aliphatic rings. The number of methoxy groups -OCH3 is 3. The minimum atomic E-state index is -0.892. The van der Waals surface area contributed by atoms with Crippen LogP contribution in [-0.4, -0.2) is 33.8 Å². The number of halogens is 2. The largest absolute Gasteiger partial charge is 0.493 e. The molecule has 1 heterocycles. The lowest BCUT2D eigenvalue weighted by molar-refractivity contribution is -0.121. The molecule has 0 spiro atoms. The van der Waals surface area contributed by atoms with Gasteiger partial charge in [-0.05, 0) is 24.3 Å². The minimum absolute atomic E-state index is 0.199. The van der Waals surface area contributed by atoms with Gasteiger partial charge in [0.1, 0.15) is 18.5 Å². The number of carbonyl (C=O) groups excluding carboxylic acids is 1. The summed E-state index contributed by atoms with van der Waals surface area (Å²) in [7, 11) is 4.36. The van der Waals surface area contributed by atoms with Crippen LogP contribution in [0, 0.1) is 5.82 Å². The van der Waals surface area contributed by atoms with E-state index < -0.39 is 17.8 Å². The van der Waals surface area contributed by atoms with Crippen molar-refractivity contribution in [1.29, 1.82) is 0 Å². The van der Waals surface area contributed by atoms with Crippen LogP contribution in [0.5, 0.6) is 17.2 Å². The number of carbonyl (C=O) groups is 1. The Morgan fingerprint density at radius 2 is 1.85 bits per heavy atom. The summed E-state index contributed by atoms with van der Waals surface area (Å²) < 4.78 is 36.3. The summed E-state index contributed by atoms with van der Waals surface area (Å²) in [5.41, 5.74) is 0.994. The summed E-state index contributed by atoms with van der Waals surface area (Å²) in [6, 6.07) is 5.77. The highest BCUT2D eigenvalue weighted by Crippen LogP contribution is 2.49. The molecule has 0 saturated heterocycles. The van der Waals surface area contributed by atoms with E-state index >= 15 is 0 Å². The Morgan fingerprint density at radius 3 is 2.50 bits per heavy atom. The Bertz CT molecular complexity index is 858. The Labute approximate surface area is 154 Å². The summed E-state index contributed by atoms with van der Waals surface area (Å²) in [5, 5.41) is 3.07. The van der Waals surface area contributed by atoms with E-state index in [0.29, 0.717) is 27.8 Å². The zero-order valence-electron chi connectivity index (χ0n) is 14.4. The van der Waals surface area contributed by atoms with Gasteiger partial charge in [-0.25, -0.2) is 4.39 Å². The Balaban J connectivity index is 2.29. The number of anilines is 1. The fraction of sp³-hybridized carbons (Fsp3) is 0.278. The number of nitrogens with one attached hydrogen (secondary N) is 1. The smallest absolute Gasteiger partial charge is 0.250 e. The van der Waals surface area contributed by atoms with Gasteiger partial charge >= 0.3 is 0 Å². The first kappa shape index (κ1) is 18.3. The molecule has 1 unspecified atom stereocenters. The van der Waals surface area contributed by atoms with Crippen LogP contribution in [0.3, 0.4) is 0 Å². The van der Waals surface area contributed by atoms with Crippen molar-refractivity contribution in [1.82, 2.24) is 0 Å². The molecule has 0 saturated carbocycles. The van der Waals surface area contributed by atoms with E-state index in [4.69, 9.17) is 30.5 Å². The van der Waals surface area contributed by atoms with E-state index in [1.807, 2.05) is 0 Å². The molecule has 8 heteroatoms. The van der Waals surface area contributed by atoms with E-state index in [2.05, 4.69) is 5.32 Å². The number of fused-ring (bicyclic) bond motifs is 1. The summed E-state index contributed by atoms with van der Waals surface area (Å²) in [4.78, 5) is 12.1. The van der Waals surface area contributed by atoms with Gasteiger partial charge in [0.05, 0.1) is 27.0 Å². The first-order valence-corrected chi connectivity index (χ1v) is 8.07. The Hall–Kier alpha value is -2.51. The molecule has 2 aromatic rings. The van der Waals surface area contributed by atoms with Crippen LogP contribution in [0.1, 0.15) is 17.2 Å². The molecule has 1 N–H and O–H groups in total. The van der Waals surface area contributed by atoms with Crippen molar-refractivity contribution in [3.8, 4) is 17.2 Å². The summed E-state index contributed by atoms with van der Waals surface area (Å²) >= 11 is 6.02. The molecular weight excluding hydrogens is 365 g/mol. The van der Waals surface area contributed by atoms with Crippen LogP contribution in [0.2, 0.25) is 5.02 Å². The fourth-order valence-corrected chi connectivity index (χ4v) is 3.09. The quantitative estimate of drug-likeness (QED) is 0.877. The highest BCUT2D eigenvalue weighted by molar-refractivity contribution is 6.30. The molecule has 6 nitrogen and oxygen atoms in total. The van der Waals surface area contributed by atoms with E-state index in [9.17, 15) is 9.18 Å². The van der Waals surface area contributed by atoms with Crippen molar-refractivity contribution in [2.45, 2.75) is 6.10 Å². The summed E-state index contributed by atoms with van der Waals surface area (Å²) in [6.07, 6.45) is -0.892. The Morgan fingerprint density at radius 1 is 1.12 bits per heavy atom. The van der Waals surface area contributed by atoms with Gasteiger partial charge in [0, 0.05) is 16.1 Å². The number of rotatable bonds is 4. The van der Waals surface area contributed by atoms with E-state index in [1.165, 1.54) is 39.5 Å². The predicted molar refractivity (Wildman–Crippen MR) is 93.9 cm³/mol. The van der Waals surface area contributed by atoms with Crippen molar-refractivity contribution in [3.05, 3.63) is 46.2 Å². The number of benzene rings is 2. The highest BCUT2D eigenvalue weighted by Gasteiger charge is 2.32. The zero-order chi connectivity index (χ0) is 18.8. The molecule has 3 rings (SSSR count). The molecule has 0 aromatic heterocycles. The maximum Gasteiger partial charge on any atom is 0.250 e. The first-order valence-electron chi connectivity index (χ1n) is 7.69. The third-order valence-electron chi connectivity index (χ3n) is 4.03. The van der Waals surface area contributed by atoms with Crippen molar-refractivity contribution in [2.75, 3.05) is 33.3 Å². The molecule has 0 fully saturated rings. The summed E-state index contributed by atoms with van der Waals surface area (Å²) in [5.74, 6) is 0.0137. The number of hydrogen-bond donors (Lipinski definition) is 1. The standard InChI is InChI=1S/C18H17ClFNO5/c1-23-13-7-11-15(18(25-3)17(13)24-2)21-14(22)8-26-16(11)10-6-9(19)4-5-12(10)20/h4-7,16H,8H2,1-3H3,(H,21,22). The van der Waals surface area contributed by atoms with Crippen LogP contribution in [-0.2, 0) is 9.53 Å². The fourth-order valence-electron chi connectivity index (χ4n) is 2.91. The van der Waals surface area contributed by atoms with Gasteiger partial charge in [0.2, 0.25) is 5.75 Å². The molecule has 0 radical (unpaired) electrons. The van der Waals surface area contributed by atoms with Gasteiger partial charge in [-0.1, -0.05) is 11.6 Å². The number of amides is 1. The maximum atomic E-state index is 14.5. The van der Waals surface area contributed by atoms with E-state index in [1.54, 1.807) is 6.07 Å². The number of hydrogen-bond acceptors (Lipinski definition) is 5. The van der Waals surface area contributed by atoms with Gasteiger partial charge in [-0.3, -0.25) is 4.79 Å². The second-order valence-corrected chi connectivity index (χ2v) is 5.95. The molecular formula is C18H17ClFNO5. The predicted octanol–water partition coefficient (Wildman–Crippen LogP) is 3.56. The van der Waals surface area contributed by atoms with Crippen molar-refractivity contribution in [2.24, 2.45) is 0 Å². The second kappa shape index (κ2) is 7.39. The van der Waals surface area contributed by atoms with Gasteiger partial charge in [0.25, 0.3) is 5.91 Å². The normalized spacial score (nSPS) is 16.3. The number of ether oxygens (including phenoxy) is 4. The Kier molecular flexibility index (Phi) is 5.20. The van der Waals surface area contributed by atoms with Crippen LogP contribution < -0.4 is 19.5 Å². The third-order valence-corrected chi connectivity index (χ3v) is 4.26. The lowest BCUT2D eigenvalue weighted by Crippen LogP contribution is -2.16. The topological polar surface area (TPSA) is 66.0 Å². The second-order valence-electron chi connectivity index (χ2n) is 5.51. The molecule has 0 bridgehead atoms. The molecule has 0 aliphatic carbocycles. The SMILES string of the molecule is COc1cc2c(c(OC)c1OC)NC(=O)COC2c1cc(Cl)ccc1F. The molecule has 1 aliphatic heterocycles. The van der Waals surface area contributed by atoms with Gasteiger partial charge < -0.3 is 24.3 Å². The van der Waals surface area contributed by atoms with Crippen LogP contribution in [0.4, 0.5) is 10.1 Å². The van der Waals surface area contributed by atoms with Crippen molar-refractivity contribution >= 4 is 23.2 Å². The van der Waals surface area contributed by atoms with Crippen molar-refractivity contribution < 1.29 is 28.1 Å². The highest BCUT2D eigenvalue weighted by atomic mass is 35.5. The van der Waals surface area contributed by atoms with E-state index in [0.717, 1.165) is 0 Å². The third kappa shape index (κ3) is 3.15. The molecule has 26 heavy (non-hydrogen) atoms. The average molecular weight is 382 g/mol. The lowest BCUT2D eigenvalue weighted by atomic mass is 9.98. The van der Waals surface area contributed by atoms with Gasteiger partial charge in [-0.2, -0.15) is 0 Å². The monoisotopic (exact) mass is 381 g/mol. The molecule has 1 amide bonds. The molecule has 1 atom stereocenters. The first-order chi connectivity index (χ1) is 12.5. The van der Waals surface area contributed by atoms with Gasteiger partial charge in [-0.15, -0.1) is 0 Å². The van der Waals surface area contributed by atoms with E-state index in [-0.39, 0.29) is 17.9 Å². The van der Waals surface area contributed by atoms with Crippen LogP contribution in [0.15, 0.2) is 24.3 Å². The van der Waals surface area contributed by atoms with Crippen LogP contribution >= 0.6 is 11.6 Å². The average Bonchev–Trinajstić information content (AvgIpc) is 2.80. The van der Waals surface area contributed by atoms with Gasteiger partial charge in [0.15, 0.2) is 11.5 Å². The minimum Gasteiger partial charge on any atom is -0.493 e.